The number of carbonyl (C=O) groups is 1. The van der Waals surface area contributed by atoms with Gasteiger partial charge >= 0.3 is 0 Å². The summed E-state index contributed by atoms with van der Waals surface area (Å²) in [7, 11) is 1.59. The molecule has 0 fully saturated rings. The summed E-state index contributed by atoms with van der Waals surface area (Å²) in [5.74, 6) is 1.23. The molecule has 2 N–H and O–H groups in total. The van der Waals surface area contributed by atoms with Gasteiger partial charge in [0.2, 0.25) is 5.91 Å². The summed E-state index contributed by atoms with van der Waals surface area (Å²) in [4.78, 5) is 19.8. The molecule has 0 aliphatic carbocycles. The van der Waals surface area contributed by atoms with Crippen LogP contribution in [0, 0.1) is 6.92 Å². The molecule has 0 saturated heterocycles. The highest BCUT2D eigenvalue weighted by Crippen LogP contribution is 2.03. The van der Waals surface area contributed by atoms with E-state index in [1.807, 2.05) is 0 Å². The molecular formula is C11H18N4O2. The molecule has 1 rings (SSSR count). The second kappa shape index (κ2) is 6.80. The van der Waals surface area contributed by atoms with Crippen molar-refractivity contribution in [3.8, 4) is 0 Å². The standard InChI is InChI=1S/C11H18N4O2/c1-8(11(16)13-6-7-17-3)14-10-4-5-12-9(2)15-10/h4-5,8H,6-7H2,1-3H3,(H,13,16)(H,12,14,15). The van der Waals surface area contributed by atoms with E-state index in [0.717, 1.165) is 0 Å². The van der Waals surface area contributed by atoms with Gasteiger partial charge in [-0.15, -0.1) is 0 Å². The molecule has 94 valence electrons. The first-order chi connectivity index (χ1) is 8.13. The van der Waals surface area contributed by atoms with E-state index in [2.05, 4.69) is 20.6 Å². The zero-order valence-corrected chi connectivity index (χ0v) is 10.4. The van der Waals surface area contributed by atoms with Gasteiger partial charge in [-0.25, -0.2) is 9.97 Å². The maximum absolute atomic E-state index is 11.6. The smallest absolute Gasteiger partial charge is 0.242 e. The maximum Gasteiger partial charge on any atom is 0.242 e. The molecule has 0 spiro atoms. The summed E-state index contributed by atoms with van der Waals surface area (Å²) < 4.78 is 4.85. The van der Waals surface area contributed by atoms with Gasteiger partial charge in [0.1, 0.15) is 17.7 Å². The predicted octanol–water partition coefficient (Wildman–Crippen LogP) is 0.348. The summed E-state index contributed by atoms with van der Waals surface area (Å²) >= 11 is 0. The molecule has 6 heteroatoms. The first kappa shape index (κ1) is 13.4. The molecule has 0 bridgehead atoms. The molecule has 6 nitrogen and oxygen atoms in total. The SMILES string of the molecule is COCCNC(=O)C(C)Nc1ccnc(C)n1. The largest absolute Gasteiger partial charge is 0.383 e. The van der Waals surface area contributed by atoms with Gasteiger partial charge in [0, 0.05) is 19.9 Å². The van der Waals surface area contributed by atoms with Gasteiger partial charge in [-0.1, -0.05) is 0 Å². The fourth-order valence-corrected chi connectivity index (χ4v) is 1.25. The van der Waals surface area contributed by atoms with E-state index in [1.165, 1.54) is 0 Å². The Hall–Kier alpha value is -1.69. The molecular weight excluding hydrogens is 220 g/mol. The maximum atomic E-state index is 11.6. The van der Waals surface area contributed by atoms with Crippen LogP contribution in [0.3, 0.4) is 0 Å². The topological polar surface area (TPSA) is 76.1 Å². The lowest BCUT2D eigenvalue weighted by Gasteiger charge is -2.14. The van der Waals surface area contributed by atoms with Crippen LogP contribution in [0.4, 0.5) is 5.82 Å². The lowest BCUT2D eigenvalue weighted by Crippen LogP contribution is -2.39. The van der Waals surface area contributed by atoms with Crippen molar-refractivity contribution in [2.75, 3.05) is 25.6 Å². The lowest BCUT2D eigenvalue weighted by molar-refractivity contribution is -0.121. The van der Waals surface area contributed by atoms with Crippen molar-refractivity contribution in [1.82, 2.24) is 15.3 Å². The molecule has 0 aromatic carbocycles. The highest BCUT2D eigenvalue weighted by Gasteiger charge is 2.12. The number of rotatable bonds is 6. The zero-order valence-electron chi connectivity index (χ0n) is 10.4. The van der Waals surface area contributed by atoms with E-state index < -0.39 is 0 Å². The molecule has 1 aromatic rings. The van der Waals surface area contributed by atoms with Gasteiger partial charge in [0.05, 0.1) is 6.61 Å². The van der Waals surface area contributed by atoms with Crippen molar-refractivity contribution >= 4 is 11.7 Å². The number of ether oxygens (including phenoxy) is 1. The van der Waals surface area contributed by atoms with Gasteiger partial charge in [0.25, 0.3) is 0 Å². The first-order valence-electron chi connectivity index (χ1n) is 5.46. The highest BCUT2D eigenvalue weighted by molar-refractivity contribution is 5.83. The van der Waals surface area contributed by atoms with Gasteiger partial charge in [-0.05, 0) is 19.9 Å². The molecule has 1 heterocycles. The fraction of sp³-hybridized carbons (Fsp3) is 0.545. The number of aromatic nitrogens is 2. The number of carbonyl (C=O) groups excluding carboxylic acids is 1. The molecule has 1 atom stereocenters. The van der Waals surface area contributed by atoms with E-state index >= 15 is 0 Å². The number of nitrogens with one attached hydrogen (secondary N) is 2. The summed E-state index contributed by atoms with van der Waals surface area (Å²) in [5.41, 5.74) is 0. The number of hydrogen-bond acceptors (Lipinski definition) is 5. The zero-order chi connectivity index (χ0) is 12.7. The summed E-state index contributed by atoms with van der Waals surface area (Å²) in [6.45, 7) is 4.59. The van der Waals surface area contributed by atoms with E-state index in [-0.39, 0.29) is 11.9 Å². The fourth-order valence-electron chi connectivity index (χ4n) is 1.25. The second-order valence-electron chi connectivity index (χ2n) is 3.64. The number of amides is 1. The molecule has 17 heavy (non-hydrogen) atoms. The number of methoxy groups -OCH3 is 1. The van der Waals surface area contributed by atoms with Crippen molar-refractivity contribution in [1.29, 1.82) is 0 Å². The van der Waals surface area contributed by atoms with Crippen molar-refractivity contribution in [2.24, 2.45) is 0 Å². The number of nitrogens with zero attached hydrogens (tertiary/aromatic N) is 2. The Bertz CT molecular complexity index is 370. The molecule has 1 unspecified atom stereocenters. The minimum absolute atomic E-state index is 0.0849. The van der Waals surface area contributed by atoms with Gasteiger partial charge in [-0.3, -0.25) is 4.79 Å². The van der Waals surface area contributed by atoms with Crippen molar-refractivity contribution in [2.45, 2.75) is 19.9 Å². The van der Waals surface area contributed by atoms with Gasteiger partial charge in [-0.2, -0.15) is 0 Å². The normalized spacial score (nSPS) is 11.9. The molecule has 0 saturated carbocycles. The van der Waals surface area contributed by atoms with Crippen LogP contribution in [0.1, 0.15) is 12.7 Å². The molecule has 1 amide bonds. The second-order valence-corrected chi connectivity index (χ2v) is 3.64. The Morgan fingerprint density at radius 2 is 2.35 bits per heavy atom. The third kappa shape index (κ3) is 4.78. The summed E-state index contributed by atoms with van der Waals surface area (Å²) in [5, 5.41) is 5.75. The minimum atomic E-state index is -0.346. The number of hydrogen-bond donors (Lipinski definition) is 2. The third-order valence-electron chi connectivity index (χ3n) is 2.14. The van der Waals surface area contributed by atoms with Crippen LogP contribution >= 0.6 is 0 Å². The van der Waals surface area contributed by atoms with Gasteiger partial charge in [0.15, 0.2) is 0 Å². The summed E-state index contributed by atoms with van der Waals surface area (Å²) in [6.07, 6.45) is 1.65. The van der Waals surface area contributed by atoms with Crippen LogP contribution in [0.25, 0.3) is 0 Å². The Balaban J connectivity index is 2.43. The van der Waals surface area contributed by atoms with Crippen molar-refractivity contribution in [3.63, 3.8) is 0 Å². The monoisotopic (exact) mass is 238 g/mol. The van der Waals surface area contributed by atoms with E-state index in [0.29, 0.717) is 24.8 Å². The van der Waals surface area contributed by atoms with E-state index in [9.17, 15) is 4.79 Å². The highest BCUT2D eigenvalue weighted by atomic mass is 16.5. The van der Waals surface area contributed by atoms with Crippen LogP contribution < -0.4 is 10.6 Å². The lowest BCUT2D eigenvalue weighted by atomic mass is 10.3. The quantitative estimate of drug-likeness (QED) is 0.699. The third-order valence-corrected chi connectivity index (χ3v) is 2.14. The average Bonchev–Trinajstić information content (AvgIpc) is 2.29. The van der Waals surface area contributed by atoms with Crippen LogP contribution in [0.2, 0.25) is 0 Å². The van der Waals surface area contributed by atoms with Gasteiger partial charge < -0.3 is 15.4 Å². The van der Waals surface area contributed by atoms with Crippen LogP contribution in [0.5, 0.6) is 0 Å². The molecule has 0 aliphatic heterocycles. The molecule has 0 aliphatic rings. The average molecular weight is 238 g/mol. The van der Waals surface area contributed by atoms with Crippen LogP contribution in [0.15, 0.2) is 12.3 Å². The van der Waals surface area contributed by atoms with E-state index in [4.69, 9.17) is 4.74 Å². The Kier molecular flexibility index (Phi) is 5.35. The molecule has 0 radical (unpaired) electrons. The Morgan fingerprint density at radius 1 is 1.59 bits per heavy atom. The predicted molar refractivity (Wildman–Crippen MR) is 64.7 cm³/mol. The van der Waals surface area contributed by atoms with Crippen LogP contribution in [-0.4, -0.2) is 42.2 Å². The van der Waals surface area contributed by atoms with E-state index in [1.54, 1.807) is 33.2 Å². The van der Waals surface area contributed by atoms with Crippen molar-refractivity contribution in [3.05, 3.63) is 18.1 Å². The number of aryl methyl sites for hydroxylation is 1. The molecule has 1 aromatic heterocycles. The number of anilines is 1. The Labute approximate surface area is 101 Å². The minimum Gasteiger partial charge on any atom is -0.383 e. The Morgan fingerprint density at radius 3 is 3.00 bits per heavy atom. The van der Waals surface area contributed by atoms with Crippen molar-refractivity contribution < 1.29 is 9.53 Å². The summed E-state index contributed by atoms with van der Waals surface area (Å²) in [6, 6.07) is 1.38. The first-order valence-corrected chi connectivity index (χ1v) is 5.46. The van der Waals surface area contributed by atoms with Crippen LogP contribution in [-0.2, 0) is 9.53 Å².